The van der Waals surface area contributed by atoms with E-state index in [2.05, 4.69) is 22.5 Å². The molecule has 4 atom stereocenters. The van der Waals surface area contributed by atoms with E-state index in [1.807, 2.05) is 0 Å². The summed E-state index contributed by atoms with van der Waals surface area (Å²) in [6.07, 6.45) is -4.44. The number of amides is 1. The van der Waals surface area contributed by atoms with Crippen molar-refractivity contribution < 1.29 is 26.7 Å². The average molecular weight is 525 g/mol. The van der Waals surface area contributed by atoms with Gasteiger partial charge in [0.25, 0.3) is 24.3 Å². The number of alkyl halides is 4. The maximum absolute atomic E-state index is 14.7. The number of rotatable bonds is 9. The molecule has 2 aromatic rings. The molecule has 1 aromatic carbocycles. The number of benzene rings is 1. The van der Waals surface area contributed by atoms with E-state index < -0.39 is 47.3 Å². The van der Waals surface area contributed by atoms with Gasteiger partial charge in [-0.2, -0.15) is 0 Å². The third kappa shape index (κ3) is 4.51. The number of hydrogen-bond donors (Lipinski definition) is 2. The van der Waals surface area contributed by atoms with Crippen LogP contribution in [0.25, 0.3) is 0 Å². The maximum Gasteiger partial charge on any atom is 0.266 e. The SMILES string of the molecule is CCN1C[C@@H]2C(Nc3cc(=O)n(C4(C(F)F)CC4)cc3C(=O)N[C@H](C)c3cccc(C(F)F)c3F)[C@@H]2C1. The van der Waals surface area contributed by atoms with Crippen LogP contribution in [-0.2, 0) is 5.54 Å². The van der Waals surface area contributed by atoms with Crippen LogP contribution in [0, 0.1) is 17.7 Å². The van der Waals surface area contributed by atoms with Crippen LogP contribution >= 0.6 is 0 Å². The predicted molar refractivity (Wildman–Crippen MR) is 128 cm³/mol. The number of pyridine rings is 1. The van der Waals surface area contributed by atoms with E-state index in [4.69, 9.17) is 0 Å². The molecule has 3 aliphatic rings. The highest BCUT2D eigenvalue weighted by Crippen LogP contribution is 2.49. The molecule has 1 saturated heterocycles. The molecule has 2 heterocycles. The van der Waals surface area contributed by atoms with Crippen molar-refractivity contribution in [1.29, 1.82) is 0 Å². The number of hydrogen-bond acceptors (Lipinski definition) is 4. The van der Waals surface area contributed by atoms with E-state index in [9.17, 15) is 31.5 Å². The van der Waals surface area contributed by atoms with E-state index >= 15 is 0 Å². The molecule has 37 heavy (non-hydrogen) atoms. The molecule has 1 unspecified atom stereocenters. The first-order chi connectivity index (χ1) is 17.6. The van der Waals surface area contributed by atoms with Crippen molar-refractivity contribution in [2.75, 3.05) is 25.0 Å². The Hall–Kier alpha value is -2.95. The Bertz CT molecular complexity index is 1250. The molecule has 2 aliphatic carbocycles. The molecule has 200 valence electrons. The normalized spacial score (nSPS) is 24.7. The molecule has 2 N–H and O–H groups in total. The number of likely N-dealkylation sites (tertiary alicyclic amines) is 1. The first kappa shape index (κ1) is 25.7. The molecule has 0 radical (unpaired) electrons. The van der Waals surface area contributed by atoms with Gasteiger partial charge in [0.15, 0.2) is 0 Å². The summed E-state index contributed by atoms with van der Waals surface area (Å²) < 4.78 is 69.5. The predicted octanol–water partition coefficient (Wildman–Crippen LogP) is 4.53. The summed E-state index contributed by atoms with van der Waals surface area (Å²) in [6.45, 7) is 6.24. The molecular weight excluding hydrogens is 495 g/mol. The number of carbonyl (C=O) groups excluding carboxylic acids is 1. The highest BCUT2D eigenvalue weighted by Gasteiger charge is 2.56. The molecule has 6 nitrogen and oxygen atoms in total. The molecule has 1 aromatic heterocycles. The molecule has 3 fully saturated rings. The second-order valence-electron chi connectivity index (χ2n) is 10.3. The molecule has 1 amide bonds. The zero-order valence-corrected chi connectivity index (χ0v) is 20.5. The maximum atomic E-state index is 14.7. The minimum atomic E-state index is -3.02. The van der Waals surface area contributed by atoms with Crippen molar-refractivity contribution in [3.63, 3.8) is 0 Å². The van der Waals surface area contributed by atoms with Crippen LogP contribution in [0.4, 0.5) is 27.6 Å². The Kier molecular flexibility index (Phi) is 6.54. The summed E-state index contributed by atoms with van der Waals surface area (Å²) in [4.78, 5) is 28.6. The smallest absolute Gasteiger partial charge is 0.266 e. The van der Waals surface area contributed by atoms with Gasteiger partial charge in [-0.15, -0.1) is 0 Å². The van der Waals surface area contributed by atoms with Gasteiger partial charge in [-0.3, -0.25) is 9.59 Å². The second-order valence-corrected chi connectivity index (χ2v) is 10.3. The van der Waals surface area contributed by atoms with Gasteiger partial charge in [-0.05, 0) is 38.1 Å². The number of halogens is 5. The van der Waals surface area contributed by atoms with Gasteiger partial charge < -0.3 is 20.1 Å². The van der Waals surface area contributed by atoms with Crippen LogP contribution < -0.4 is 16.2 Å². The summed E-state index contributed by atoms with van der Waals surface area (Å²) in [6, 6.07) is 3.77. The lowest BCUT2D eigenvalue weighted by Gasteiger charge is -2.23. The number of anilines is 1. The fraction of sp³-hybridized carbons (Fsp3) is 0.538. The van der Waals surface area contributed by atoms with Crippen molar-refractivity contribution in [3.05, 3.63) is 63.3 Å². The van der Waals surface area contributed by atoms with E-state index in [1.165, 1.54) is 25.1 Å². The average Bonchev–Trinajstić information content (AvgIpc) is 3.73. The minimum absolute atomic E-state index is 0.0267. The Morgan fingerprint density at radius 1 is 1.14 bits per heavy atom. The monoisotopic (exact) mass is 524 g/mol. The summed E-state index contributed by atoms with van der Waals surface area (Å²) in [7, 11) is 0. The van der Waals surface area contributed by atoms with Gasteiger partial charge in [0.2, 0.25) is 0 Å². The molecule has 1 aliphatic heterocycles. The van der Waals surface area contributed by atoms with Gasteiger partial charge in [-0.1, -0.05) is 25.1 Å². The Labute approximate surface area is 210 Å². The van der Waals surface area contributed by atoms with Crippen LogP contribution in [0.5, 0.6) is 0 Å². The van der Waals surface area contributed by atoms with Gasteiger partial charge in [0.1, 0.15) is 11.4 Å². The largest absolute Gasteiger partial charge is 0.381 e. The molecule has 2 saturated carbocycles. The highest BCUT2D eigenvalue weighted by molar-refractivity contribution is 5.99. The van der Waals surface area contributed by atoms with Gasteiger partial charge in [0.05, 0.1) is 22.9 Å². The number of aromatic nitrogens is 1. The van der Waals surface area contributed by atoms with E-state index in [0.717, 1.165) is 36.5 Å². The highest BCUT2D eigenvalue weighted by atomic mass is 19.3. The van der Waals surface area contributed by atoms with Crippen molar-refractivity contribution in [3.8, 4) is 0 Å². The van der Waals surface area contributed by atoms with Crippen LogP contribution in [0.15, 0.2) is 35.3 Å². The van der Waals surface area contributed by atoms with Crippen LogP contribution in [0.2, 0.25) is 0 Å². The quantitative estimate of drug-likeness (QED) is 0.473. The summed E-state index contributed by atoms with van der Waals surface area (Å²) >= 11 is 0. The molecule has 0 bridgehead atoms. The fourth-order valence-electron chi connectivity index (χ4n) is 5.56. The van der Waals surface area contributed by atoms with E-state index in [0.29, 0.717) is 11.8 Å². The number of carbonyl (C=O) groups is 1. The second kappa shape index (κ2) is 9.41. The third-order valence-corrected chi connectivity index (χ3v) is 8.09. The first-order valence-corrected chi connectivity index (χ1v) is 12.5. The number of piperidine rings is 1. The van der Waals surface area contributed by atoms with Crippen molar-refractivity contribution in [2.45, 2.75) is 57.2 Å². The first-order valence-electron chi connectivity index (χ1n) is 12.5. The van der Waals surface area contributed by atoms with Crippen LogP contribution in [0.3, 0.4) is 0 Å². The summed E-state index contributed by atoms with van der Waals surface area (Å²) in [5, 5.41) is 5.86. The fourth-order valence-corrected chi connectivity index (χ4v) is 5.56. The molecule has 5 rings (SSSR count). The standard InChI is InChI=1S/C26H29F5N4O2/c1-3-34-10-16-17(11-34)22(16)33-19-9-20(36)35(26(7-8-26)25(30)31)12-18(19)24(37)32-13(2)14-5-4-6-15(21(14)27)23(28)29/h4-6,9,12-13,16-17,22-23,25,33H,3,7-8,10-11H2,1-2H3,(H,32,37)/t13-,16-,17+,22?/m1/s1. The number of nitrogens with zero attached hydrogens (tertiary/aromatic N) is 2. The Morgan fingerprint density at radius 2 is 1.78 bits per heavy atom. The number of fused-ring (bicyclic) bond motifs is 1. The van der Waals surface area contributed by atoms with Gasteiger partial charge >= 0.3 is 0 Å². The third-order valence-electron chi connectivity index (χ3n) is 8.09. The molecular formula is C26H29F5N4O2. The number of nitrogens with one attached hydrogen (secondary N) is 2. The zero-order chi connectivity index (χ0) is 26.6. The summed E-state index contributed by atoms with van der Waals surface area (Å²) in [5.74, 6) is -1.12. The zero-order valence-electron chi connectivity index (χ0n) is 20.5. The summed E-state index contributed by atoms with van der Waals surface area (Å²) in [5.41, 5.74) is -2.99. The lowest BCUT2D eigenvalue weighted by molar-refractivity contribution is 0.0648. The lowest BCUT2D eigenvalue weighted by atomic mass is 10.0. The van der Waals surface area contributed by atoms with Crippen molar-refractivity contribution >= 4 is 11.6 Å². The van der Waals surface area contributed by atoms with Crippen LogP contribution in [0.1, 0.15) is 60.6 Å². The van der Waals surface area contributed by atoms with Gasteiger partial charge in [0, 0.05) is 37.0 Å². The van der Waals surface area contributed by atoms with Crippen LogP contribution in [-0.4, -0.2) is 47.5 Å². The lowest BCUT2D eigenvalue weighted by Crippen LogP contribution is -2.37. The Morgan fingerprint density at radius 3 is 2.35 bits per heavy atom. The minimum Gasteiger partial charge on any atom is -0.381 e. The topological polar surface area (TPSA) is 66.4 Å². The molecule has 11 heteroatoms. The van der Waals surface area contributed by atoms with Crippen molar-refractivity contribution in [2.24, 2.45) is 11.8 Å². The van der Waals surface area contributed by atoms with Crippen molar-refractivity contribution in [1.82, 2.24) is 14.8 Å². The Balaban J connectivity index is 1.44. The van der Waals surface area contributed by atoms with Gasteiger partial charge in [-0.25, -0.2) is 22.0 Å². The van der Waals surface area contributed by atoms with E-state index in [1.54, 1.807) is 0 Å². The molecule has 0 spiro atoms. The van der Waals surface area contributed by atoms with E-state index in [-0.39, 0.29) is 35.7 Å².